The number of methoxy groups -OCH3 is 1. The zero-order chi connectivity index (χ0) is 13.8. The number of nitriles is 1. The number of nitrogens with one attached hydrogen (secondary N) is 1. The monoisotopic (exact) mass is 280 g/mol. The summed E-state index contributed by atoms with van der Waals surface area (Å²) in [7, 11) is 1.31. The SMILES string of the molecule is COC(=O)c1sc(N2CCCNCC2)c(C#N)c1N. The first-order valence-corrected chi connectivity index (χ1v) is 6.87. The molecular formula is C12H16N4O2S. The largest absolute Gasteiger partial charge is 0.465 e. The van der Waals surface area contributed by atoms with Crippen molar-refractivity contribution in [3.63, 3.8) is 0 Å². The lowest BCUT2D eigenvalue weighted by Gasteiger charge is -2.20. The number of nitrogens with zero attached hydrogens (tertiary/aromatic N) is 2. The third-order valence-electron chi connectivity index (χ3n) is 3.04. The van der Waals surface area contributed by atoms with Crippen LogP contribution in [0.3, 0.4) is 0 Å². The van der Waals surface area contributed by atoms with Gasteiger partial charge in [0.2, 0.25) is 0 Å². The topological polar surface area (TPSA) is 91.4 Å². The van der Waals surface area contributed by atoms with Crippen molar-refractivity contribution in [3.8, 4) is 6.07 Å². The first-order chi connectivity index (χ1) is 9.19. The Kier molecular flexibility index (Phi) is 4.24. The Morgan fingerprint density at radius 2 is 2.32 bits per heavy atom. The fourth-order valence-corrected chi connectivity index (χ4v) is 3.20. The highest BCUT2D eigenvalue weighted by atomic mass is 32.1. The van der Waals surface area contributed by atoms with Gasteiger partial charge in [0.1, 0.15) is 21.5 Å². The van der Waals surface area contributed by atoms with Crippen molar-refractivity contribution >= 4 is 28.0 Å². The zero-order valence-corrected chi connectivity index (χ0v) is 11.5. The predicted molar refractivity (Wildman–Crippen MR) is 74.5 cm³/mol. The minimum absolute atomic E-state index is 0.228. The molecule has 0 spiro atoms. The van der Waals surface area contributed by atoms with Gasteiger partial charge in [-0.2, -0.15) is 5.26 Å². The molecule has 1 saturated heterocycles. The summed E-state index contributed by atoms with van der Waals surface area (Å²) in [6.45, 7) is 3.47. The molecule has 102 valence electrons. The van der Waals surface area contributed by atoms with E-state index in [4.69, 9.17) is 10.5 Å². The van der Waals surface area contributed by atoms with Crippen LogP contribution in [0.25, 0.3) is 0 Å². The molecule has 1 fully saturated rings. The van der Waals surface area contributed by atoms with E-state index in [1.807, 2.05) is 0 Å². The molecule has 1 aliphatic heterocycles. The third kappa shape index (κ3) is 2.64. The average molecular weight is 280 g/mol. The van der Waals surface area contributed by atoms with Gasteiger partial charge in [0, 0.05) is 19.6 Å². The molecule has 1 aromatic rings. The maximum absolute atomic E-state index is 11.6. The molecule has 1 aliphatic rings. The second kappa shape index (κ2) is 5.91. The maximum Gasteiger partial charge on any atom is 0.350 e. The average Bonchev–Trinajstić information content (AvgIpc) is 2.61. The van der Waals surface area contributed by atoms with E-state index in [0.717, 1.165) is 37.6 Å². The van der Waals surface area contributed by atoms with Gasteiger partial charge in [-0.05, 0) is 13.0 Å². The van der Waals surface area contributed by atoms with E-state index < -0.39 is 5.97 Å². The van der Waals surface area contributed by atoms with Gasteiger partial charge in [-0.15, -0.1) is 11.3 Å². The van der Waals surface area contributed by atoms with Crippen LogP contribution >= 0.6 is 11.3 Å². The molecule has 19 heavy (non-hydrogen) atoms. The second-order valence-electron chi connectivity index (χ2n) is 4.22. The predicted octanol–water partition coefficient (Wildman–Crippen LogP) is 0.788. The van der Waals surface area contributed by atoms with Gasteiger partial charge in [0.25, 0.3) is 0 Å². The molecule has 2 rings (SSSR count). The number of rotatable bonds is 2. The summed E-state index contributed by atoms with van der Waals surface area (Å²) in [5.41, 5.74) is 6.49. The van der Waals surface area contributed by atoms with Crippen LogP contribution in [0.4, 0.5) is 10.7 Å². The lowest BCUT2D eigenvalue weighted by molar-refractivity contribution is 0.0607. The normalized spacial score (nSPS) is 15.7. The lowest BCUT2D eigenvalue weighted by atomic mass is 10.2. The number of carbonyl (C=O) groups is 1. The Balaban J connectivity index is 2.39. The van der Waals surface area contributed by atoms with E-state index in [9.17, 15) is 10.1 Å². The van der Waals surface area contributed by atoms with Crippen LogP contribution in [-0.2, 0) is 4.74 Å². The fourth-order valence-electron chi connectivity index (χ4n) is 2.06. The number of nitrogen functional groups attached to an aromatic ring is 1. The van der Waals surface area contributed by atoms with E-state index in [-0.39, 0.29) is 5.69 Å². The van der Waals surface area contributed by atoms with Gasteiger partial charge >= 0.3 is 5.97 Å². The van der Waals surface area contributed by atoms with Gasteiger partial charge in [-0.3, -0.25) is 0 Å². The summed E-state index contributed by atoms with van der Waals surface area (Å²) in [6, 6.07) is 2.10. The van der Waals surface area contributed by atoms with Crippen LogP contribution in [0.2, 0.25) is 0 Å². The summed E-state index contributed by atoms with van der Waals surface area (Å²) in [5.74, 6) is -0.488. The van der Waals surface area contributed by atoms with Crippen LogP contribution in [0.5, 0.6) is 0 Å². The minimum Gasteiger partial charge on any atom is -0.465 e. The van der Waals surface area contributed by atoms with Crippen molar-refractivity contribution in [1.82, 2.24) is 5.32 Å². The Bertz CT molecular complexity index is 513. The summed E-state index contributed by atoms with van der Waals surface area (Å²) in [6.07, 6.45) is 0.996. The quantitative estimate of drug-likeness (QED) is 0.778. The number of hydrogen-bond acceptors (Lipinski definition) is 7. The highest BCUT2D eigenvalue weighted by molar-refractivity contribution is 7.18. The number of esters is 1. The Hall–Kier alpha value is -1.78. The first-order valence-electron chi connectivity index (χ1n) is 6.05. The third-order valence-corrected chi connectivity index (χ3v) is 4.28. The standard InChI is InChI=1S/C12H16N4O2S/c1-18-12(17)10-9(14)8(7-13)11(19-10)16-5-2-3-15-4-6-16/h15H,2-6,14H2,1H3. The molecule has 0 amide bonds. The summed E-state index contributed by atoms with van der Waals surface area (Å²) in [5, 5.41) is 13.3. The molecule has 0 saturated carbocycles. The van der Waals surface area contributed by atoms with Gasteiger partial charge in [0.15, 0.2) is 0 Å². The van der Waals surface area contributed by atoms with Crippen LogP contribution in [0.1, 0.15) is 21.7 Å². The van der Waals surface area contributed by atoms with Crippen molar-refractivity contribution in [2.45, 2.75) is 6.42 Å². The van der Waals surface area contributed by atoms with Gasteiger partial charge in [-0.25, -0.2) is 4.79 Å². The van der Waals surface area contributed by atoms with Crippen molar-refractivity contribution in [3.05, 3.63) is 10.4 Å². The van der Waals surface area contributed by atoms with E-state index in [1.54, 1.807) is 0 Å². The summed E-state index contributed by atoms with van der Waals surface area (Å²) >= 11 is 1.24. The smallest absolute Gasteiger partial charge is 0.350 e. The summed E-state index contributed by atoms with van der Waals surface area (Å²) < 4.78 is 4.69. The van der Waals surface area contributed by atoms with Crippen molar-refractivity contribution < 1.29 is 9.53 Å². The second-order valence-corrected chi connectivity index (χ2v) is 5.22. The Labute approximate surface area is 115 Å². The zero-order valence-electron chi connectivity index (χ0n) is 10.7. The van der Waals surface area contributed by atoms with Crippen LogP contribution < -0.4 is 16.0 Å². The number of thiophene rings is 1. The molecule has 0 bridgehead atoms. The molecule has 1 aromatic heterocycles. The Morgan fingerprint density at radius 3 is 3.00 bits per heavy atom. The summed E-state index contributed by atoms with van der Waals surface area (Å²) in [4.78, 5) is 14.0. The number of hydrogen-bond donors (Lipinski definition) is 2. The number of ether oxygens (including phenoxy) is 1. The molecule has 2 heterocycles. The van der Waals surface area contributed by atoms with E-state index >= 15 is 0 Å². The van der Waals surface area contributed by atoms with E-state index in [2.05, 4.69) is 16.3 Å². The molecular weight excluding hydrogens is 264 g/mol. The lowest BCUT2D eigenvalue weighted by Crippen LogP contribution is -2.27. The van der Waals surface area contributed by atoms with Gasteiger partial charge in [-0.1, -0.05) is 0 Å². The number of carbonyl (C=O) groups excluding carboxylic acids is 1. The molecule has 0 unspecified atom stereocenters. The molecule has 0 aromatic carbocycles. The van der Waals surface area contributed by atoms with Gasteiger partial charge in [0.05, 0.1) is 12.8 Å². The molecule has 0 atom stereocenters. The van der Waals surface area contributed by atoms with E-state index in [0.29, 0.717) is 10.4 Å². The highest BCUT2D eigenvalue weighted by Crippen LogP contribution is 2.38. The van der Waals surface area contributed by atoms with Crippen LogP contribution in [0.15, 0.2) is 0 Å². The van der Waals surface area contributed by atoms with Crippen LogP contribution in [0, 0.1) is 11.3 Å². The van der Waals surface area contributed by atoms with Crippen molar-refractivity contribution in [1.29, 1.82) is 5.26 Å². The van der Waals surface area contributed by atoms with Crippen LogP contribution in [-0.4, -0.2) is 39.3 Å². The van der Waals surface area contributed by atoms with E-state index in [1.165, 1.54) is 18.4 Å². The molecule has 0 aliphatic carbocycles. The van der Waals surface area contributed by atoms with Crippen molar-refractivity contribution in [2.24, 2.45) is 0 Å². The molecule has 0 radical (unpaired) electrons. The molecule has 3 N–H and O–H groups in total. The minimum atomic E-state index is -0.488. The van der Waals surface area contributed by atoms with Crippen molar-refractivity contribution in [2.75, 3.05) is 43.9 Å². The molecule has 6 nitrogen and oxygen atoms in total. The number of anilines is 2. The fraction of sp³-hybridized carbons (Fsp3) is 0.500. The van der Waals surface area contributed by atoms with Gasteiger partial charge < -0.3 is 20.7 Å². The maximum atomic E-state index is 11.6. The highest BCUT2D eigenvalue weighted by Gasteiger charge is 2.25. The molecule has 7 heteroatoms. The number of nitrogens with two attached hydrogens (primary N) is 1. The first kappa shape index (κ1) is 13.6. The Morgan fingerprint density at radius 1 is 1.53 bits per heavy atom.